The fraction of sp³-hybridized carbons (Fsp3) is 0.364. The molecule has 0 spiro atoms. The standard InChI is InChI=1S/C11H9BrF2N2O2/c1-2-18-9(17)3-8-6(4-15)10(11(13)14)7(12)5-16-8/h5,11H,2-3H2,1H3. The van der Waals surface area contributed by atoms with Gasteiger partial charge >= 0.3 is 5.97 Å². The molecule has 0 saturated heterocycles. The van der Waals surface area contributed by atoms with Gasteiger partial charge in [0.05, 0.1) is 29.8 Å². The van der Waals surface area contributed by atoms with E-state index in [9.17, 15) is 13.6 Å². The summed E-state index contributed by atoms with van der Waals surface area (Å²) in [5.74, 6) is -0.607. The molecule has 0 aliphatic carbocycles. The van der Waals surface area contributed by atoms with Crippen LogP contribution < -0.4 is 0 Å². The van der Waals surface area contributed by atoms with Crippen LogP contribution in [0.2, 0.25) is 0 Å². The number of rotatable bonds is 4. The van der Waals surface area contributed by atoms with Crippen molar-refractivity contribution in [3.63, 3.8) is 0 Å². The van der Waals surface area contributed by atoms with E-state index in [4.69, 9.17) is 5.26 Å². The molecule has 0 bridgehead atoms. The van der Waals surface area contributed by atoms with E-state index in [1.807, 2.05) is 0 Å². The summed E-state index contributed by atoms with van der Waals surface area (Å²) in [5, 5.41) is 8.92. The van der Waals surface area contributed by atoms with Gasteiger partial charge < -0.3 is 4.74 Å². The summed E-state index contributed by atoms with van der Waals surface area (Å²) >= 11 is 2.91. The zero-order valence-electron chi connectivity index (χ0n) is 9.41. The first-order valence-electron chi connectivity index (χ1n) is 5.02. The van der Waals surface area contributed by atoms with Crippen LogP contribution in [0, 0.1) is 11.3 Å². The van der Waals surface area contributed by atoms with E-state index in [0.29, 0.717) is 0 Å². The second-order valence-electron chi connectivity index (χ2n) is 3.24. The van der Waals surface area contributed by atoms with Gasteiger partial charge in [0.15, 0.2) is 0 Å². The first-order chi connectivity index (χ1) is 8.51. The van der Waals surface area contributed by atoms with Crippen molar-refractivity contribution in [2.24, 2.45) is 0 Å². The van der Waals surface area contributed by atoms with Gasteiger partial charge in [-0.2, -0.15) is 5.26 Å². The van der Waals surface area contributed by atoms with Gasteiger partial charge in [-0.05, 0) is 22.9 Å². The fourth-order valence-electron chi connectivity index (χ4n) is 1.36. The molecule has 0 aliphatic rings. The summed E-state index contributed by atoms with van der Waals surface area (Å²) in [6.45, 7) is 1.81. The highest BCUT2D eigenvalue weighted by Crippen LogP contribution is 2.31. The van der Waals surface area contributed by atoms with Crippen molar-refractivity contribution in [1.29, 1.82) is 5.26 Å². The number of carbonyl (C=O) groups excluding carboxylic acids is 1. The minimum Gasteiger partial charge on any atom is -0.466 e. The van der Waals surface area contributed by atoms with Crippen LogP contribution in [0.3, 0.4) is 0 Å². The predicted octanol–water partition coefficient (Wildman–Crippen LogP) is 2.76. The van der Waals surface area contributed by atoms with Gasteiger partial charge in [-0.3, -0.25) is 9.78 Å². The number of alkyl halides is 2. The Hall–Kier alpha value is -1.55. The number of hydrogen-bond acceptors (Lipinski definition) is 4. The Morgan fingerprint density at radius 1 is 1.67 bits per heavy atom. The first kappa shape index (κ1) is 14.5. The summed E-state index contributed by atoms with van der Waals surface area (Å²) < 4.78 is 30.4. The Kier molecular flexibility index (Phi) is 5.16. The molecule has 0 saturated carbocycles. The SMILES string of the molecule is CCOC(=O)Cc1ncc(Br)c(C(F)F)c1C#N. The number of ether oxygens (including phenoxy) is 1. The largest absolute Gasteiger partial charge is 0.466 e. The zero-order chi connectivity index (χ0) is 13.7. The molecule has 18 heavy (non-hydrogen) atoms. The van der Waals surface area contributed by atoms with Gasteiger partial charge in [-0.25, -0.2) is 8.78 Å². The monoisotopic (exact) mass is 318 g/mol. The van der Waals surface area contributed by atoms with Crippen LogP contribution >= 0.6 is 15.9 Å². The molecule has 1 aromatic rings. The third kappa shape index (κ3) is 3.23. The highest BCUT2D eigenvalue weighted by atomic mass is 79.9. The minimum absolute atomic E-state index is 0.00514. The maximum absolute atomic E-state index is 12.8. The van der Waals surface area contributed by atoms with Crippen LogP contribution in [0.25, 0.3) is 0 Å². The molecule has 1 aromatic heterocycles. The molecule has 0 amide bonds. The lowest BCUT2D eigenvalue weighted by Crippen LogP contribution is -2.11. The normalized spacial score (nSPS) is 10.2. The molecule has 96 valence electrons. The Labute approximate surface area is 111 Å². The van der Waals surface area contributed by atoms with E-state index in [0.717, 1.165) is 6.20 Å². The molecule has 0 unspecified atom stereocenters. The number of pyridine rings is 1. The number of nitrogens with zero attached hydrogens (tertiary/aromatic N) is 2. The molecule has 0 aliphatic heterocycles. The van der Waals surface area contributed by atoms with Gasteiger partial charge in [0.25, 0.3) is 6.43 Å². The third-order valence-corrected chi connectivity index (χ3v) is 2.73. The Morgan fingerprint density at radius 2 is 2.33 bits per heavy atom. The van der Waals surface area contributed by atoms with Crippen molar-refractivity contribution >= 4 is 21.9 Å². The predicted molar refractivity (Wildman–Crippen MR) is 61.9 cm³/mol. The summed E-state index contributed by atoms with van der Waals surface area (Å²) in [4.78, 5) is 15.1. The van der Waals surface area contributed by atoms with Crippen molar-refractivity contribution in [3.05, 3.63) is 27.5 Å². The lowest BCUT2D eigenvalue weighted by molar-refractivity contribution is -0.142. The fourth-order valence-corrected chi connectivity index (χ4v) is 1.84. The molecule has 0 N–H and O–H groups in total. The van der Waals surface area contributed by atoms with Crippen molar-refractivity contribution in [1.82, 2.24) is 4.98 Å². The highest BCUT2D eigenvalue weighted by Gasteiger charge is 2.22. The number of aromatic nitrogens is 1. The number of halogens is 3. The second kappa shape index (κ2) is 6.40. The Morgan fingerprint density at radius 3 is 2.83 bits per heavy atom. The molecule has 0 aromatic carbocycles. The van der Waals surface area contributed by atoms with Crippen molar-refractivity contribution in [3.8, 4) is 6.07 Å². The average molecular weight is 319 g/mol. The van der Waals surface area contributed by atoms with Gasteiger partial charge in [0.1, 0.15) is 6.07 Å². The summed E-state index contributed by atoms with van der Waals surface area (Å²) in [6, 6.07) is 1.65. The lowest BCUT2D eigenvalue weighted by Gasteiger charge is -2.09. The van der Waals surface area contributed by atoms with Crippen LogP contribution in [-0.4, -0.2) is 17.6 Å². The van der Waals surface area contributed by atoms with E-state index in [1.54, 1.807) is 13.0 Å². The van der Waals surface area contributed by atoms with Gasteiger partial charge in [-0.15, -0.1) is 0 Å². The number of nitriles is 1. The van der Waals surface area contributed by atoms with Crippen molar-refractivity contribution in [2.45, 2.75) is 19.8 Å². The molecule has 0 fully saturated rings. The Bertz CT molecular complexity index is 501. The topological polar surface area (TPSA) is 63.0 Å². The summed E-state index contributed by atoms with van der Waals surface area (Å²) in [6.07, 6.45) is -1.97. The number of esters is 1. The van der Waals surface area contributed by atoms with Crippen LogP contribution in [0.5, 0.6) is 0 Å². The quantitative estimate of drug-likeness (QED) is 0.801. The van der Waals surface area contributed by atoms with Gasteiger partial charge in [0.2, 0.25) is 0 Å². The zero-order valence-corrected chi connectivity index (χ0v) is 11.0. The maximum Gasteiger partial charge on any atom is 0.311 e. The highest BCUT2D eigenvalue weighted by molar-refractivity contribution is 9.10. The van der Waals surface area contributed by atoms with E-state index in [2.05, 4.69) is 25.7 Å². The molecular weight excluding hydrogens is 310 g/mol. The van der Waals surface area contributed by atoms with E-state index >= 15 is 0 Å². The molecular formula is C11H9BrF2N2O2. The number of hydrogen-bond donors (Lipinski definition) is 0. The van der Waals surface area contributed by atoms with Crippen molar-refractivity contribution < 1.29 is 18.3 Å². The molecule has 4 nitrogen and oxygen atoms in total. The number of carbonyl (C=O) groups is 1. The molecule has 0 radical (unpaired) electrons. The van der Waals surface area contributed by atoms with E-state index < -0.39 is 18.0 Å². The van der Waals surface area contributed by atoms with E-state index in [-0.39, 0.29) is 28.8 Å². The van der Waals surface area contributed by atoms with Crippen LogP contribution in [0.1, 0.15) is 30.2 Å². The summed E-state index contributed by atoms with van der Waals surface area (Å²) in [5.41, 5.74) is -0.742. The van der Waals surface area contributed by atoms with Crippen LogP contribution in [0.15, 0.2) is 10.7 Å². The smallest absolute Gasteiger partial charge is 0.311 e. The third-order valence-electron chi connectivity index (χ3n) is 2.10. The second-order valence-corrected chi connectivity index (χ2v) is 4.09. The van der Waals surface area contributed by atoms with E-state index in [1.165, 1.54) is 0 Å². The molecule has 1 heterocycles. The maximum atomic E-state index is 12.8. The average Bonchev–Trinajstić information content (AvgIpc) is 2.30. The lowest BCUT2D eigenvalue weighted by atomic mass is 10.1. The Balaban J connectivity index is 3.18. The molecule has 7 heteroatoms. The first-order valence-corrected chi connectivity index (χ1v) is 5.81. The van der Waals surface area contributed by atoms with Crippen LogP contribution in [0.4, 0.5) is 8.78 Å². The molecule has 0 atom stereocenters. The van der Waals surface area contributed by atoms with Crippen molar-refractivity contribution in [2.75, 3.05) is 6.61 Å². The van der Waals surface area contributed by atoms with Gasteiger partial charge in [0, 0.05) is 10.7 Å². The molecule has 1 rings (SSSR count). The summed E-state index contributed by atoms with van der Waals surface area (Å²) in [7, 11) is 0. The van der Waals surface area contributed by atoms with Crippen LogP contribution in [-0.2, 0) is 16.0 Å². The van der Waals surface area contributed by atoms with Gasteiger partial charge in [-0.1, -0.05) is 0 Å². The minimum atomic E-state index is -2.82.